The van der Waals surface area contributed by atoms with E-state index in [1.54, 1.807) is 0 Å². The Labute approximate surface area is 129 Å². The molecule has 0 aliphatic heterocycles. The molecule has 0 heterocycles. The van der Waals surface area contributed by atoms with Gasteiger partial charge in [-0.25, -0.2) is 0 Å². The van der Waals surface area contributed by atoms with Crippen molar-refractivity contribution in [2.75, 3.05) is 0 Å². The van der Waals surface area contributed by atoms with Gasteiger partial charge in [-0.2, -0.15) is 0 Å². The van der Waals surface area contributed by atoms with Crippen molar-refractivity contribution in [2.24, 2.45) is 5.73 Å². The third kappa shape index (κ3) is 3.62. The number of halogens is 1. The molecule has 0 radical (unpaired) electrons. The third-order valence-electron chi connectivity index (χ3n) is 3.30. The van der Waals surface area contributed by atoms with Crippen molar-refractivity contribution >= 4 is 15.9 Å². The van der Waals surface area contributed by atoms with Gasteiger partial charge >= 0.3 is 0 Å². The van der Waals surface area contributed by atoms with Gasteiger partial charge in [-0.15, -0.1) is 0 Å². The van der Waals surface area contributed by atoms with E-state index in [4.69, 9.17) is 10.5 Å². The first-order chi connectivity index (χ1) is 9.61. The van der Waals surface area contributed by atoms with E-state index in [1.807, 2.05) is 18.2 Å². The van der Waals surface area contributed by atoms with Gasteiger partial charge in [0.2, 0.25) is 0 Å². The van der Waals surface area contributed by atoms with Crippen LogP contribution in [-0.4, -0.2) is 0 Å². The zero-order valence-electron chi connectivity index (χ0n) is 11.9. The van der Waals surface area contributed by atoms with Crippen LogP contribution in [0.3, 0.4) is 0 Å². The third-order valence-corrected chi connectivity index (χ3v) is 3.92. The van der Waals surface area contributed by atoms with Crippen molar-refractivity contribution in [1.82, 2.24) is 0 Å². The van der Waals surface area contributed by atoms with Gasteiger partial charge in [0.1, 0.15) is 12.4 Å². The maximum absolute atomic E-state index is 5.92. The van der Waals surface area contributed by atoms with Crippen molar-refractivity contribution in [3.05, 3.63) is 63.6 Å². The van der Waals surface area contributed by atoms with Gasteiger partial charge in [-0.3, -0.25) is 0 Å². The van der Waals surface area contributed by atoms with Crippen molar-refractivity contribution in [3.63, 3.8) is 0 Å². The molecule has 0 saturated heterocycles. The van der Waals surface area contributed by atoms with Crippen molar-refractivity contribution in [2.45, 2.75) is 32.9 Å². The summed E-state index contributed by atoms with van der Waals surface area (Å²) in [7, 11) is 0. The minimum absolute atomic E-state index is 0.473. The second kappa shape index (κ2) is 6.91. The van der Waals surface area contributed by atoms with Gasteiger partial charge in [0.25, 0.3) is 0 Å². The number of hydrogen-bond donors (Lipinski definition) is 1. The average molecular weight is 334 g/mol. The lowest BCUT2D eigenvalue weighted by molar-refractivity contribution is 0.301. The van der Waals surface area contributed by atoms with E-state index >= 15 is 0 Å². The molecule has 0 saturated carbocycles. The van der Waals surface area contributed by atoms with Crippen LogP contribution < -0.4 is 10.5 Å². The predicted octanol–water partition coefficient (Wildman–Crippen LogP) is 4.61. The SMILES string of the molecule is CC(C)c1ccc(COc2c(Br)cccc2CN)cc1. The Hall–Kier alpha value is -1.32. The van der Waals surface area contributed by atoms with E-state index in [9.17, 15) is 0 Å². The average Bonchev–Trinajstić information content (AvgIpc) is 2.46. The summed E-state index contributed by atoms with van der Waals surface area (Å²) in [5, 5.41) is 0. The Morgan fingerprint density at radius 2 is 1.80 bits per heavy atom. The molecule has 0 amide bonds. The number of ether oxygens (including phenoxy) is 1. The first kappa shape index (κ1) is 15.1. The first-order valence-corrected chi connectivity index (χ1v) is 7.60. The minimum Gasteiger partial charge on any atom is -0.487 e. The van der Waals surface area contributed by atoms with Gasteiger partial charge < -0.3 is 10.5 Å². The van der Waals surface area contributed by atoms with Gasteiger partial charge in [0.15, 0.2) is 0 Å². The van der Waals surface area contributed by atoms with Crippen LogP contribution in [0.4, 0.5) is 0 Å². The van der Waals surface area contributed by atoms with Crippen molar-refractivity contribution in [3.8, 4) is 5.75 Å². The Balaban J connectivity index is 2.09. The molecule has 0 bridgehead atoms. The van der Waals surface area contributed by atoms with Crippen LogP contribution in [0.2, 0.25) is 0 Å². The van der Waals surface area contributed by atoms with Gasteiger partial charge in [-0.1, -0.05) is 50.2 Å². The van der Waals surface area contributed by atoms with Gasteiger partial charge in [0, 0.05) is 12.1 Å². The fourth-order valence-electron chi connectivity index (χ4n) is 2.03. The van der Waals surface area contributed by atoms with E-state index < -0.39 is 0 Å². The van der Waals surface area contributed by atoms with Crippen LogP contribution in [0.25, 0.3) is 0 Å². The van der Waals surface area contributed by atoms with Crippen molar-refractivity contribution < 1.29 is 4.74 Å². The monoisotopic (exact) mass is 333 g/mol. The lowest BCUT2D eigenvalue weighted by Crippen LogP contribution is -2.03. The molecule has 2 aromatic carbocycles. The quantitative estimate of drug-likeness (QED) is 0.867. The Morgan fingerprint density at radius 1 is 1.10 bits per heavy atom. The topological polar surface area (TPSA) is 35.2 Å². The summed E-state index contributed by atoms with van der Waals surface area (Å²) < 4.78 is 6.86. The highest BCUT2D eigenvalue weighted by atomic mass is 79.9. The molecule has 0 fully saturated rings. The highest BCUT2D eigenvalue weighted by Gasteiger charge is 2.07. The number of nitrogens with two attached hydrogens (primary N) is 1. The molecule has 0 aliphatic rings. The molecule has 0 aromatic heterocycles. The summed E-state index contributed by atoms with van der Waals surface area (Å²) in [6, 6.07) is 14.5. The summed E-state index contributed by atoms with van der Waals surface area (Å²) >= 11 is 3.51. The second-order valence-corrected chi connectivity index (χ2v) is 5.97. The molecule has 0 atom stereocenters. The molecular formula is C17H20BrNO. The zero-order chi connectivity index (χ0) is 14.5. The van der Waals surface area contributed by atoms with E-state index in [1.165, 1.54) is 5.56 Å². The minimum atomic E-state index is 0.473. The van der Waals surface area contributed by atoms with Crippen LogP contribution in [0.5, 0.6) is 5.75 Å². The van der Waals surface area contributed by atoms with Gasteiger partial charge in [-0.05, 0) is 39.0 Å². The second-order valence-electron chi connectivity index (χ2n) is 5.12. The van der Waals surface area contributed by atoms with E-state index in [-0.39, 0.29) is 0 Å². The standard InChI is InChI=1S/C17H20BrNO/c1-12(2)14-8-6-13(7-9-14)11-20-17-15(10-19)4-3-5-16(17)18/h3-9,12H,10-11,19H2,1-2H3. The highest BCUT2D eigenvalue weighted by Crippen LogP contribution is 2.29. The molecule has 2 rings (SSSR count). The van der Waals surface area contributed by atoms with Crippen LogP contribution in [0.15, 0.2) is 46.9 Å². The van der Waals surface area contributed by atoms with Gasteiger partial charge in [0.05, 0.1) is 4.47 Å². The smallest absolute Gasteiger partial charge is 0.138 e. The normalized spacial score (nSPS) is 10.8. The first-order valence-electron chi connectivity index (χ1n) is 6.81. The molecular weight excluding hydrogens is 314 g/mol. The Morgan fingerprint density at radius 3 is 2.40 bits per heavy atom. The highest BCUT2D eigenvalue weighted by molar-refractivity contribution is 9.10. The fourth-order valence-corrected chi connectivity index (χ4v) is 2.55. The van der Waals surface area contributed by atoms with Crippen LogP contribution >= 0.6 is 15.9 Å². The van der Waals surface area contributed by atoms with E-state index in [0.29, 0.717) is 19.1 Å². The Bertz CT molecular complexity index is 564. The molecule has 106 valence electrons. The molecule has 0 aliphatic carbocycles. The number of benzene rings is 2. The predicted molar refractivity (Wildman–Crippen MR) is 86.9 cm³/mol. The molecule has 2 N–H and O–H groups in total. The van der Waals surface area contributed by atoms with Crippen molar-refractivity contribution in [1.29, 1.82) is 0 Å². The molecule has 2 nitrogen and oxygen atoms in total. The van der Waals surface area contributed by atoms with Crippen LogP contribution in [-0.2, 0) is 13.2 Å². The van der Waals surface area contributed by atoms with E-state index in [0.717, 1.165) is 21.3 Å². The summed E-state index contributed by atoms with van der Waals surface area (Å²) in [5.41, 5.74) is 9.26. The molecule has 0 unspecified atom stereocenters. The molecule has 0 spiro atoms. The lowest BCUT2D eigenvalue weighted by atomic mass is 10.0. The fraction of sp³-hybridized carbons (Fsp3) is 0.294. The maximum Gasteiger partial charge on any atom is 0.138 e. The molecule has 3 heteroatoms. The largest absolute Gasteiger partial charge is 0.487 e. The zero-order valence-corrected chi connectivity index (χ0v) is 13.5. The van der Waals surface area contributed by atoms with E-state index in [2.05, 4.69) is 54.0 Å². The molecule has 20 heavy (non-hydrogen) atoms. The van der Waals surface area contributed by atoms with Crippen LogP contribution in [0.1, 0.15) is 36.5 Å². The summed E-state index contributed by atoms with van der Waals surface area (Å²) in [6.45, 7) is 5.41. The summed E-state index contributed by atoms with van der Waals surface area (Å²) in [5.74, 6) is 1.39. The van der Waals surface area contributed by atoms with Crippen LogP contribution in [0, 0.1) is 0 Å². The number of hydrogen-bond acceptors (Lipinski definition) is 2. The number of para-hydroxylation sites is 1. The summed E-state index contributed by atoms with van der Waals surface area (Å²) in [4.78, 5) is 0. The lowest BCUT2D eigenvalue weighted by Gasteiger charge is -2.13. The molecule has 2 aromatic rings. The Kier molecular flexibility index (Phi) is 5.21. The summed E-state index contributed by atoms with van der Waals surface area (Å²) in [6.07, 6.45) is 0. The number of rotatable bonds is 5. The maximum atomic E-state index is 5.92.